The summed E-state index contributed by atoms with van der Waals surface area (Å²) in [5, 5.41) is 9.69. The van der Waals surface area contributed by atoms with Gasteiger partial charge in [0, 0.05) is 31.2 Å². The maximum Gasteiger partial charge on any atom is 0.242 e. The fourth-order valence-corrected chi connectivity index (χ4v) is 5.63. The predicted molar refractivity (Wildman–Crippen MR) is 140 cm³/mol. The Balaban J connectivity index is 1.40. The Bertz CT molecular complexity index is 1330. The molecule has 2 aliphatic heterocycles. The zero-order valence-corrected chi connectivity index (χ0v) is 21.1. The molecular formula is C24H30N8O3S. The third-order valence-electron chi connectivity index (χ3n) is 5.86. The molecule has 4 heterocycles. The molecule has 1 fully saturated rings. The van der Waals surface area contributed by atoms with Crippen LogP contribution < -0.4 is 25.6 Å². The smallest absolute Gasteiger partial charge is 0.242 e. The van der Waals surface area contributed by atoms with Crippen LogP contribution in [0.25, 0.3) is 0 Å². The maximum absolute atomic E-state index is 12.9. The first-order valence-electron chi connectivity index (χ1n) is 12.0. The lowest BCUT2D eigenvalue weighted by molar-refractivity contribution is 0.122. The van der Waals surface area contributed by atoms with Crippen molar-refractivity contribution in [3.63, 3.8) is 0 Å². The summed E-state index contributed by atoms with van der Waals surface area (Å²) in [6.45, 7) is 7.41. The second-order valence-electron chi connectivity index (χ2n) is 8.92. The van der Waals surface area contributed by atoms with Gasteiger partial charge in [0.25, 0.3) is 0 Å². The van der Waals surface area contributed by atoms with Crippen LogP contribution in [0.5, 0.6) is 0 Å². The van der Waals surface area contributed by atoms with Gasteiger partial charge < -0.3 is 25.6 Å². The van der Waals surface area contributed by atoms with Crippen molar-refractivity contribution in [2.45, 2.75) is 31.2 Å². The lowest BCUT2D eigenvalue weighted by Gasteiger charge is -2.28. The number of hydrogen-bond acceptors (Lipinski definition) is 10. The van der Waals surface area contributed by atoms with Crippen LogP contribution in [0.15, 0.2) is 47.5 Å². The molecule has 5 rings (SSSR count). The van der Waals surface area contributed by atoms with Gasteiger partial charge in [-0.3, -0.25) is 0 Å². The van der Waals surface area contributed by atoms with E-state index in [0.29, 0.717) is 42.3 Å². The molecule has 190 valence electrons. The van der Waals surface area contributed by atoms with Crippen molar-refractivity contribution in [1.82, 2.24) is 19.7 Å². The van der Waals surface area contributed by atoms with Crippen molar-refractivity contribution in [3.05, 3.63) is 48.2 Å². The molecule has 0 bridgehead atoms. The molecule has 2 aromatic heterocycles. The summed E-state index contributed by atoms with van der Waals surface area (Å²) < 4.78 is 33.9. The van der Waals surface area contributed by atoms with Gasteiger partial charge in [0.1, 0.15) is 22.3 Å². The van der Waals surface area contributed by atoms with E-state index in [4.69, 9.17) is 4.74 Å². The van der Waals surface area contributed by atoms with Crippen molar-refractivity contribution in [2.24, 2.45) is 0 Å². The molecule has 3 aromatic rings. The van der Waals surface area contributed by atoms with Crippen LogP contribution in [-0.2, 0) is 21.2 Å². The number of ether oxygens (including phenoxy) is 1. The number of rotatable bonds is 8. The Morgan fingerprint density at radius 1 is 1.06 bits per heavy atom. The number of nitrogens with one attached hydrogen (secondary N) is 4. The lowest BCUT2D eigenvalue weighted by Crippen LogP contribution is -2.36. The zero-order valence-electron chi connectivity index (χ0n) is 20.3. The van der Waals surface area contributed by atoms with Crippen LogP contribution in [0, 0.1) is 0 Å². The molecule has 11 nitrogen and oxygen atoms in total. The van der Waals surface area contributed by atoms with Gasteiger partial charge in [0.2, 0.25) is 16.0 Å². The molecule has 0 saturated carbocycles. The quantitative estimate of drug-likeness (QED) is 0.358. The summed E-state index contributed by atoms with van der Waals surface area (Å²) in [5.74, 6) is 2.23. The highest BCUT2D eigenvalue weighted by Crippen LogP contribution is 2.32. The van der Waals surface area contributed by atoms with E-state index in [1.807, 2.05) is 18.3 Å². The molecule has 1 saturated heterocycles. The van der Waals surface area contributed by atoms with Gasteiger partial charge in [-0.25, -0.2) is 18.1 Å². The van der Waals surface area contributed by atoms with E-state index in [0.717, 1.165) is 37.3 Å². The fraction of sp³-hybridized carbons (Fsp3) is 0.375. The third-order valence-corrected chi connectivity index (χ3v) is 7.58. The predicted octanol–water partition coefficient (Wildman–Crippen LogP) is 2.85. The summed E-state index contributed by atoms with van der Waals surface area (Å²) in [6, 6.07) is 10.5. The zero-order chi connectivity index (χ0) is 25.1. The third kappa shape index (κ3) is 5.35. The van der Waals surface area contributed by atoms with Crippen molar-refractivity contribution in [3.8, 4) is 0 Å². The van der Waals surface area contributed by atoms with Crippen LogP contribution in [-0.4, -0.2) is 62.3 Å². The Hall–Kier alpha value is -3.48. The molecule has 0 amide bonds. The Morgan fingerprint density at radius 2 is 1.86 bits per heavy atom. The van der Waals surface area contributed by atoms with Crippen molar-refractivity contribution >= 4 is 44.8 Å². The number of benzene rings is 1. The molecule has 4 N–H and O–H groups in total. The highest BCUT2D eigenvalue weighted by atomic mass is 32.2. The molecule has 0 spiro atoms. The number of aromatic nitrogens is 3. The number of morpholine rings is 1. The molecule has 36 heavy (non-hydrogen) atoms. The molecule has 2 aliphatic rings. The Morgan fingerprint density at radius 3 is 2.61 bits per heavy atom. The SMILES string of the molecule is CC(C)NS(=O)(=O)c1ccccc1Nc1nc(Nc2ccc(N3CCOCC3)cn2)nc2c1CCN2. The average molecular weight is 511 g/mol. The second kappa shape index (κ2) is 10.2. The van der Waals surface area contributed by atoms with E-state index in [1.165, 1.54) is 0 Å². The van der Waals surface area contributed by atoms with Crippen molar-refractivity contribution in [2.75, 3.05) is 53.7 Å². The molecule has 0 atom stereocenters. The van der Waals surface area contributed by atoms with Crippen LogP contribution in [0.1, 0.15) is 19.4 Å². The van der Waals surface area contributed by atoms with Crippen LogP contribution >= 0.6 is 0 Å². The first-order valence-corrected chi connectivity index (χ1v) is 13.5. The minimum atomic E-state index is -3.71. The number of anilines is 6. The van der Waals surface area contributed by atoms with E-state index < -0.39 is 10.0 Å². The first-order chi connectivity index (χ1) is 17.4. The Labute approximate surface area is 210 Å². The monoisotopic (exact) mass is 510 g/mol. The number of para-hydroxylation sites is 1. The number of hydrogen-bond donors (Lipinski definition) is 4. The van der Waals surface area contributed by atoms with Gasteiger partial charge in [0.15, 0.2) is 0 Å². The van der Waals surface area contributed by atoms with Crippen LogP contribution in [0.2, 0.25) is 0 Å². The number of pyridine rings is 1. The molecule has 0 radical (unpaired) electrons. The van der Waals surface area contributed by atoms with Gasteiger partial charge in [0.05, 0.1) is 30.8 Å². The number of fused-ring (bicyclic) bond motifs is 1. The second-order valence-corrected chi connectivity index (χ2v) is 10.6. The highest BCUT2D eigenvalue weighted by molar-refractivity contribution is 7.89. The van der Waals surface area contributed by atoms with Gasteiger partial charge in [-0.2, -0.15) is 9.97 Å². The summed E-state index contributed by atoms with van der Waals surface area (Å²) in [5.41, 5.74) is 2.38. The Kier molecular flexibility index (Phi) is 6.90. The maximum atomic E-state index is 12.9. The van der Waals surface area contributed by atoms with Crippen LogP contribution in [0.3, 0.4) is 0 Å². The standard InChI is InChI=1S/C24H30N8O3S/c1-16(2)31-36(33,34)20-6-4-3-5-19(20)27-23-18-9-10-25-22(18)29-24(30-23)28-21-8-7-17(15-26-21)32-11-13-35-14-12-32/h3-8,15-16,31H,9-14H2,1-2H3,(H3,25,26,27,28,29,30). The normalized spacial score (nSPS) is 15.5. The van der Waals surface area contributed by atoms with E-state index >= 15 is 0 Å². The minimum Gasteiger partial charge on any atom is -0.378 e. The summed E-state index contributed by atoms with van der Waals surface area (Å²) in [4.78, 5) is 16.2. The molecule has 0 unspecified atom stereocenters. The topological polar surface area (TPSA) is 133 Å². The lowest BCUT2D eigenvalue weighted by atomic mass is 10.2. The number of sulfonamides is 1. The van der Waals surface area contributed by atoms with Crippen molar-refractivity contribution in [1.29, 1.82) is 0 Å². The minimum absolute atomic E-state index is 0.159. The number of nitrogens with zero attached hydrogens (tertiary/aromatic N) is 4. The van der Waals surface area contributed by atoms with E-state index in [9.17, 15) is 8.42 Å². The van der Waals surface area contributed by atoms with Gasteiger partial charge >= 0.3 is 0 Å². The highest BCUT2D eigenvalue weighted by Gasteiger charge is 2.23. The molecular weight excluding hydrogens is 480 g/mol. The largest absolute Gasteiger partial charge is 0.378 e. The van der Waals surface area contributed by atoms with Crippen LogP contribution in [0.4, 0.5) is 34.8 Å². The summed E-state index contributed by atoms with van der Waals surface area (Å²) in [6.07, 6.45) is 2.55. The summed E-state index contributed by atoms with van der Waals surface area (Å²) in [7, 11) is -3.71. The fourth-order valence-electron chi connectivity index (χ4n) is 4.22. The molecule has 12 heteroatoms. The first kappa shape index (κ1) is 24.2. The summed E-state index contributed by atoms with van der Waals surface area (Å²) >= 11 is 0. The molecule has 1 aromatic carbocycles. The average Bonchev–Trinajstić information content (AvgIpc) is 3.34. The van der Waals surface area contributed by atoms with E-state index in [-0.39, 0.29) is 10.9 Å². The van der Waals surface area contributed by atoms with E-state index in [1.54, 1.807) is 38.1 Å². The van der Waals surface area contributed by atoms with Gasteiger partial charge in [-0.15, -0.1) is 0 Å². The van der Waals surface area contributed by atoms with E-state index in [2.05, 4.69) is 40.5 Å². The van der Waals surface area contributed by atoms with Gasteiger partial charge in [-0.1, -0.05) is 12.1 Å². The van der Waals surface area contributed by atoms with Gasteiger partial charge in [-0.05, 0) is 44.5 Å². The van der Waals surface area contributed by atoms with Crippen molar-refractivity contribution < 1.29 is 13.2 Å². The molecule has 0 aliphatic carbocycles.